The van der Waals surface area contributed by atoms with Crippen molar-refractivity contribution < 1.29 is 4.74 Å². The summed E-state index contributed by atoms with van der Waals surface area (Å²) in [6.07, 6.45) is 2.97. The molecule has 0 fully saturated rings. The lowest BCUT2D eigenvalue weighted by atomic mass is 10.2. The lowest BCUT2D eigenvalue weighted by Crippen LogP contribution is -2.21. The predicted molar refractivity (Wildman–Crippen MR) is 117 cm³/mol. The number of benzene rings is 2. The van der Waals surface area contributed by atoms with Gasteiger partial charge in [0.15, 0.2) is 5.96 Å². The molecule has 4 aromatic rings. The molecule has 2 aromatic heterocycles. The smallest absolute Gasteiger partial charge is 0.321 e. The normalized spacial score (nSPS) is 10.7. The van der Waals surface area contributed by atoms with Gasteiger partial charge in [-0.25, -0.2) is 19.9 Å². The number of imidazole rings is 1. The molecule has 30 heavy (non-hydrogen) atoms. The van der Waals surface area contributed by atoms with Crippen LogP contribution in [0.5, 0.6) is 11.8 Å². The maximum atomic E-state index is 5.78. The zero-order valence-corrected chi connectivity index (χ0v) is 16.8. The van der Waals surface area contributed by atoms with Gasteiger partial charge >= 0.3 is 6.01 Å². The molecule has 0 aliphatic heterocycles. The van der Waals surface area contributed by atoms with E-state index in [4.69, 9.17) is 27.8 Å². The minimum absolute atomic E-state index is 0.0184. The Morgan fingerprint density at radius 1 is 1.13 bits per heavy atom. The molecule has 0 saturated heterocycles. The number of hydrogen-bond acceptors (Lipinski definition) is 6. The van der Waals surface area contributed by atoms with E-state index in [1.54, 1.807) is 0 Å². The fourth-order valence-corrected chi connectivity index (χ4v) is 2.97. The number of halogens is 1. The van der Waals surface area contributed by atoms with Crippen LogP contribution in [-0.4, -0.2) is 25.5 Å². The third-order valence-corrected chi connectivity index (χ3v) is 4.50. The summed E-state index contributed by atoms with van der Waals surface area (Å²) in [5.41, 5.74) is 14.4. The Balaban J connectivity index is 1.44. The second-order valence-electron chi connectivity index (χ2n) is 6.49. The van der Waals surface area contributed by atoms with Gasteiger partial charge in [-0.1, -0.05) is 23.7 Å². The third-order valence-electron chi connectivity index (χ3n) is 4.30. The van der Waals surface area contributed by atoms with Crippen molar-refractivity contribution in [1.29, 1.82) is 0 Å². The van der Waals surface area contributed by atoms with Crippen molar-refractivity contribution in [3.05, 3.63) is 65.4 Å². The molecule has 2 aromatic carbocycles. The largest absolute Gasteiger partial charge is 0.424 e. The summed E-state index contributed by atoms with van der Waals surface area (Å²) in [5, 5.41) is 3.80. The quantitative estimate of drug-likeness (QED) is 0.321. The molecule has 0 saturated carbocycles. The molecule has 2 heterocycles. The van der Waals surface area contributed by atoms with Crippen molar-refractivity contribution >= 4 is 40.2 Å². The lowest BCUT2D eigenvalue weighted by molar-refractivity contribution is 0.441. The zero-order valence-electron chi connectivity index (χ0n) is 16.1. The van der Waals surface area contributed by atoms with Gasteiger partial charge < -0.3 is 26.1 Å². The number of guanidine groups is 1. The first-order chi connectivity index (χ1) is 14.5. The number of ether oxygens (including phenoxy) is 1. The fourth-order valence-electron chi connectivity index (χ4n) is 2.87. The predicted octanol–water partition coefficient (Wildman–Crippen LogP) is 3.33. The van der Waals surface area contributed by atoms with Crippen LogP contribution in [0.2, 0.25) is 5.02 Å². The number of nitrogens with one attached hydrogen (secondary N) is 1. The summed E-state index contributed by atoms with van der Waals surface area (Å²) in [7, 11) is 1.93. The molecule has 9 nitrogen and oxygen atoms in total. The lowest BCUT2D eigenvalue weighted by Gasteiger charge is -2.08. The Labute approximate surface area is 177 Å². The number of aliphatic imine (C=N–C) groups is 1. The highest BCUT2D eigenvalue weighted by Crippen LogP contribution is 2.24. The number of aromatic nitrogens is 4. The van der Waals surface area contributed by atoms with Crippen LogP contribution in [0, 0.1) is 0 Å². The Kier molecular flexibility index (Phi) is 5.36. The van der Waals surface area contributed by atoms with Crippen LogP contribution in [0.3, 0.4) is 0 Å². The van der Waals surface area contributed by atoms with Crippen molar-refractivity contribution in [2.24, 2.45) is 23.5 Å². The molecule has 0 atom stereocenters. The van der Waals surface area contributed by atoms with Crippen molar-refractivity contribution in [3.8, 4) is 11.8 Å². The number of hydrogen-bond donors (Lipinski definition) is 3. The van der Waals surface area contributed by atoms with Crippen LogP contribution in [0.25, 0.3) is 11.0 Å². The molecule has 10 heteroatoms. The average molecular weight is 423 g/mol. The van der Waals surface area contributed by atoms with E-state index in [1.807, 2.05) is 54.1 Å². The molecule has 0 amide bonds. The van der Waals surface area contributed by atoms with Gasteiger partial charge in [-0.05, 0) is 35.9 Å². The Morgan fingerprint density at radius 3 is 2.57 bits per heavy atom. The molecule has 0 spiro atoms. The number of anilines is 1. The number of fused-ring (bicyclic) bond motifs is 1. The third kappa shape index (κ3) is 4.41. The van der Waals surface area contributed by atoms with Gasteiger partial charge in [-0.3, -0.25) is 0 Å². The highest BCUT2D eigenvalue weighted by atomic mass is 35.5. The second kappa shape index (κ2) is 8.26. The van der Waals surface area contributed by atoms with Crippen LogP contribution in [0.1, 0.15) is 5.56 Å². The standard InChI is InChI=1S/C20H19ClN8O/c1-29-17-8-14(27-18(22)23)4-7-16(17)28-19(29)24-9-12-2-5-15(6-3-12)30-20-25-10-13(21)11-26-20/h2-8,10-11H,9H2,1H3,(H,24,28)(H4,22,23,27). The van der Waals surface area contributed by atoms with Crippen LogP contribution in [0.15, 0.2) is 59.9 Å². The summed E-state index contributed by atoms with van der Waals surface area (Å²) in [6, 6.07) is 13.4. The van der Waals surface area contributed by atoms with E-state index in [0.717, 1.165) is 22.5 Å². The molecule has 4 rings (SSSR count). The molecule has 0 unspecified atom stereocenters. The van der Waals surface area contributed by atoms with Crippen LogP contribution < -0.4 is 21.5 Å². The summed E-state index contributed by atoms with van der Waals surface area (Å²) in [5.74, 6) is 1.39. The summed E-state index contributed by atoms with van der Waals surface area (Å²) in [6.45, 7) is 0.593. The van der Waals surface area contributed by atoms with Gasteiger partial charge in [0, 0.05) is 13.6 Å². The molecule has 152 valence electrons. The van der Waals surface area contributed by atoms with Crippen molar-refractivity contribution in [2.75, 3.05) is 5.32 Å². The average Bonchev–Trinajstić information content (AvgIpc) is 3.04. The minimum Gasteiger partial charge on any atom is -0.424 e. The van der Waals surface area contributed by atoms with Crippen LogP contribution in [0.4, 0.5) is 11.6 Å². The molecule has 0 aliphatic rings. The second-order valence-corrected chi connectivity index (χ2v) is 6.92. The van der Waals surface area contributed by atoms with E-state index in [0.29, 0.717) is 23.0 Å². The van der Waals surface area contributed by atoms with Gasteiger partial charge in [0.05, 0.1) is 34.1 Å². The van der Waals surface area contributed by atoms with Gasteiger partial charge in [-0.2, -0.15) is 0 Å². The first-order valence-electron chi connectivity index (χ1n) is 9.02. The van der Waals surface area contributed by atoms with E-state index < -0.39 is 0 Å². The highest BCUT2D eigenvalue weighted by molar-refractivity contribution is 6.30. The molecular weight excluding hydrogens is 404 g/mol. The first-order valence-corrected chi connectivity index (χ1v) is 9.40. The van der Waals surface area contributed by atoms with E-state index in [9.17, 15) is 0 Å². The van der Waals surface area contributed by atoms with Gasteiger partial charge in [-0.15, -0.1) is 0 Å². The number of nitrogens with two attached hydrogens (primary N) is 2. The van der Waals surface area contributed by atoms with E-state index in [2.05, 4.69) is 25.3 Å². The molecule has 0 radical (unpaired) electrons. The Bertz CT molecular complexity index is 1200. The summed E-state index contributed by atoms with van der Waals surface area (Å²) in [4.78, 5) is 16.7. The topological polar surface area (TPSA) is 129 Å². The van der Waals surface area contributed by atoms with Crippen molar-refractivity contribution in [2.45, 2.75) is 6.54 Å². The summed E-state index contributed by atoms with van der Waals surface area (Å²) >= 11 is 5.78. The van der Waals surface area contributed by atoms with E-state index in [1.165, 1.54) is 12.4 Å². The zero-order chi connectivity index (χ0) is 21.1. The maximum absolute atomic E-state index is 5.78. The van der Waals surface area contributed by atoms with Crippen molar-refractivity contribution in [1.82, 2.24) is 19.5 Å². The first kappa shape index (κ1) is 19.5. The molecular formula is C20H19ClN8O. The SMILES string of the molecule is Cn1c(NCc2ccc(Oc3ncc(Cl)cn3)cc2)nc2ccc(N=C(N)N)cc21. The molecule has 0 bridgehead atoms. The molecule has 0 aliphatic carbocycles. The van der Waals surface area contributed by atoms with E-state index >= 15 is 0 Å². The van der Waals surface area contributed by atoms with Gasteiger partial charge in [0.25, 0.3) is 0 Å². The summed E-state index contributed by atoms with van der Waals surface area (Å²) < 4.78 is 7.56. The van der Waals surface area contributed by atoms with E-state index in [-0.39, 0.29) is 12.0 Å². The monoisotopic (exact) mass is 422 g/mol. The Hall–Kier alpha value is -3.85. The maximum Gasteiger partial charge on any atom is 0.321 e. The van der Waals surface area contributed by atoms with Gasteiger partial charge in [0.1, 0.15) is 5.75 Å². The minimum atomic E-state index is 0.0184. The fraction of sp³-hybridized carbons (Fsp3) is 0.100. The van der Waals surface area contributed by atoms with Gasteiger partial charge in [0.2, 0.25) is 5.95 Å². The highest BCUT2D eigenvalue weighted by Gasteiger charge is 2.09. The Morgan fingerprint density at radius 2 is 1.87 bits per heavy atom. The van der Waals surface area contributed by atoms with Crippen LogP contribution in [-0.2, 0) is 13.6 Å². The van der Waals surface area contributed by atoms with Crippen molar-refractivity contribution in [3.63, 3.8) is 0 Å². The number of rotatable bonds is 6. The number of nitrogens with zero attached hydrogens (tertiary/aromatic N) is 5. The molecule has 5 N–H and O–H groups in total. The van der Waals surface area contributed by atoms with Crippen LogP contribution >= 0.6 is 11.6 Å². The number of aryl methyl sites for hydroxylation is 1.